The van der Waals surface area contributed by atoms with Crippen LogP contribution in [0.25, 0.3) is 16.3 Å². The molecule has 0 aliphatic heterocycles. The van der Waals surface area contributed by atoms with Gasteiger partial charge in [0.15, 0.2) is 5.13 Å². The molecule has 0 atom stereocenters. The summed E-state index contributed by atoms with van der Waals surface area (Å²) in [5.41, 5.74) is 6.14. The zero-order valence-corrected chi connectivity index (χ0v) is 12.8. The van der Waals surface area contributed by atoms with Crippen molar-refractivity contribution in [2.45, 2.75) is 0 Å². The highest BCUT2D eigenvalue weighted by molar-refractivity contribution is 7.19. The van der Waals surface area contributed by atoms with Crippen LogP contribution in [-0.4, -0.2) is 21.8 Å². The largest absolute Gasteiger partial charge is 0.364 e. The fourth-order valence-electron chi connectivity index (χ4n) is 1.70. The zero-order valence-electron chi connectivity index (χ0n) is 11.1. The van der Waals surface area contributed by atoms with Gasteiger partial charge in [-0.3, -0.25) is 14.9 Å². The molecule has 0 spiro atoms. The number of benzene rings is 1. The number of amides is 2. The van der Waals surface area contributed by atoms with Crippen LogP contribution in [0.3, 0.4) is 0 Å². The molecule has 2 amide bonds. The molecule has 3 rings (SSSR count). The van der Waals surface area contributed by atoms with E-state index >= 15 is 0 Å². The Balaban J connectivity index is 1.68. The molecule has 0 saturated heterocycles. The van der Waals surface area contributed by atoms with Gasteiger partial charge in [0.2, 0.25) is 5.91 Å². The van der Waals surface area contributed by atoms with Gasteiger partial charge in [0.25, 0.3) is 5.91 Å². The van der Waals surface area contributed by atoms with E-state index in [0.717, 1.165) is 26.6 Å². The van der Waals surface area contributed by atoms with Crippen molar-refractivity contribution in [3.63, 3.8) is 0 Å². The molecule has 2 aromatic heterocycles. The van der Waals surface area contributed by atoms with Gasteiger partial charge >= 0.3 is 0 Å². The van der Waals surface area contributed by atoms with Gasteiger partial charge in [-0.1, -0.05) is 12.1 Å². The van der Waals surface area contributed by atoms with Crippen LogP contribution in [0.1, 0.15) is 15.5 Å². The highest BCUT2D eigenvalue weighted by Gasteiger charge is 2.08. The number of nitrogens with two attached hydrogens (primary N) is 1. The number of fused-ring (bicyclic) bond motifs is 1. The van der Waals surface area contributed by atoms with Crippen LogP contribution in [0.5, 0.6) is 0 Å². The Hall–Kier alpha value is -2.58. The van der Waals surface area contributed by atoms with Crippen LogP contribution in [-0.2, 0) is 4.79 Å². The summed E-state index contributed by atoms with van der Waals surface area (Å²) in [6.07, 6.45) is 3.02. The van der Waals surface area contributed by atoms with Crippen molar-refractivity contribution in [3.05, 3.63) is 46.4 Å². The second-order valence-electron chi connectivity index (χ2n) is 4.24. The summed E-state index contributed by atoms with van der Waals surface area (Å²) in [6, 6.07) is 7.76. The molecule has 8 heteroatoms. The van der Waals surface area contributed by atoms with Gasteiger partial charge in [-0.15, -0.1) is 22.7 Å². The molecule has 22 heavy (non-hydrogen) atoms. The van der Waals surface area contributed by atoms with Gasteiger partial charge in [-0.25, -0.2) is 9.97 Å². The van der Waals surface area contributed by atoms with Crippen molar-refractivity contribution in [2.75, 3.05) is 5.32 Å². The van der Waals surface area contributed by atoms with Crippen molar-refractivity contribution in [2.24, 2.45) is 5.73 Å². The smallest absolute Gasteiger partial charge is 0.268 e. The number of anilines is 1. The van der Waals surface area contributed by atoms with Crippen LogP contribution < -0.4 is 11.1 Å². The fraction of sp³-hybridized carbons (Fsp3) is 0. The number of rotatable bonds is 4. The normalized spacial score (nSPS) is 11.1. The highest BCUT2D eigenvalue weighted by Crippen LogP contribution is 2.22. The SMILES string of the molecule is NC(=O)c1csc(NC(=O)C=Cc2nc3ccccc3s2)n1. The average Bonchev–Trinajstić information content (AvgIpc) is 3.11. The average molecular weight is 330 g/mol. The van der Waals surface area contributed by atoms with Crippen LogP contribution in [0.4, 0.5) is 5.13 Å². The molecule has 0 bridgehead atoms. The first-order chi connectivity index (χ1) is 10.6. The van der Waals surface area contributed by atoms with Crippen molar-refractivity contribution < 1.29 is 9.59 Å². The second kappa shape index (κ2) is 6.04. The maximum atomic E-state index is 11.8. The Morgan fingerprint density at radius 2 is 2.05 bits per heavy atom. The summed E-state index contributed by atoms with van der Waals surface area (Å²) in [4.78, 5) is 31.0. The lowest BCUT2D eigenvalue weighted by Gasteiger charge is -1.94. The van der Waals surface area contributed by atoms with E-state index in [1.165, 1.54) is 22.8 Å². The number of carbonyl (C=O) groups is 2. The first kappa shape index (κ1) is 14.4. The number of hydrogen-bond acceptors (Lipinski definition) is 6. The lowest BCUT2D eigenvalue weighted by atomic mass is 10.3. The van der Waals surface area contributed by atoms with E-state index in [1.807, 2.05) is 24.3 Å². The number of nitrogens with one attached hydrogen (secondary N) is 1. The number of thiazole rings is 2. The highest BCUT2D eigenvalue weighted by atomic mass is 32.1. The van der Waals surface area contributed by atoms with Crippen LogP contribution in [0, 0.1) is 0 Å². The van der Waals surface area contributed by atoms with Gasteiger partial charge in [-0.2, -0.15) is 0 Å². The minimum absolute atomic E-state index is 0.135. The topological polar surface area (TPSA) is 98.0 Å². The Bertz CT molecular complexity index is 849. The number of carbonyl (C=O) groups excluding carboxylic acids is 2. The molecule has 0 aliphatic rings. The summed E-state index contributed by atoms with van der Waals surface area (Å²) in [5.74, 6) is -0.966. The number of aromatic nitrogens is 2. The van der Waals surface area contributed by atoms with E-state index in [9.17, 15) is 9.59 Å². The molecule has 0 aliphatic carbocycles. The molecule has 0 fully saturated rings. The van der Waals surface area contributed by atoms with Crippen molar-refractivity contribution in [1.82, 2.24) is 9.97 Å². The lowest BCUT2D eigenvalue weighted by Crippen LogP contribution is -2.12. The van der Waals surface area contributed by atoms with Crippen LogP contribution in [0.2, 0.25) is 0 Å². The van der Waals surface area contributed by atoms with Gasteiger partial charge in [0.05, 0.1) is 10.2 Å². The van der Waals surface area contributed by atoms with Crippen LogP contribution >= 0.6 is 22.7 Å². The van der Waals surface area contributed by atoms with Crippen LogP contribution in [0.15, 0.2) is 35.7 Å². The van der Waals surface area contributed by atoms with E-state index in [1.54, 1.807) is 6.08 Å². The zero-order chi connectivity index (χ0) is 15.5. The second-order valence-corrected chi connectivity index (χ2v) is 6.16. The minimum atomic E-state index is -0.623. The maximum absolute atomic E-state index is 11.8. The number of para-hydroxylation sites is 1. The number of nitrogens with zero attached hydrogens (tertiary/aromatic N) is 2. The molecule has 0 radical (unpaired) electrons. The quantitative estimate of drug-likeness (QED) is 0.718. The fourth-order valence-corrected chi connectivity index (χ4v) is 3.27. The van der Waals surface area contributed by atoms with Gasteiger partial charge in [0, 0.05) is 11.5 Å². The predicted molar refractivity (Wildman–Crippen MR) is 87.9 cm³/mol. The van der Waals surface area contributed by atoms with Crippen molar-refractivity contribution in [1.29, 1.82) is 0 Å². The lowest BCUT2D eigenvalue weighted by molar-refractivity contribution is -0.111. The first-order valence-corrected chi connectivity index (χ1v) is 7.91. The van der Waals surface area contributed by atoms with Gasteiger partial charge in [-0.05, 0) is 18.2 Å². The van der Waals surface area contributed by atoms with Gasteiger partial charge < -0.3 is 5.73 Å². The summed E-state index contributed by atoms with van der Waals surface area (Å²) in [5, 5.41) is 5.14. The molecule has 1 aromatic carbocycles. The van der Waals surface area contributed by atoms with E-state index in [0.29, 0.717) is 5.13 Å². The standard InChI is InChI=1S/C14H10N4O2S2/c15-13(20)9-7-21-14(17-9)18-11(19)5-6-12-16-8-3-1-2-4-10(8)22-12/h1-7H,(H2,15,20)(H,17,18,19). The molecule has 6 nitrogen and oxygen atoms in total. The molecule has 0 unspecified atom stereocenters. The minimum Gasteiger partial charge on any atom is -0.364 e. The number of hydrogen-bond donors (Lipinski definition) is 2. The monoisotopic (exact) mass is 330 g/mol. The van der Waals surface area contributed by atoms with Gasteiger partial charge in [0.1, 0.15) is 10.7 Å². The summed E-state index contributed by atoms with van der Waals surface area (Å²) >= 11 is 2.64. The Morgan fingerprint density at radius 3 is 2.77 bits per heavy atom. The third-order valence-electron chi connectivity index (χ3n) is 2.67. The van der Waals surface area contributed by atoms with Crippen molar-refractivity contribution in [3.8, 4) is 0 Å². The molecule has 0 saturated carbocycles. The Kier molecular flexibility index (Phi) is 3.94. The van der Waals surface area contributed by atoms with E-state index in [2.05, 4.69) is 15.3 Å². The molecule has 2 heterocycles. The summed E-state index contributed by atoms with van der Waals surface area (Å²) in [6.45, 7) is 0. The predicted octanol–water partition coefficient (Wildman–Crippen LogP) is 2.50. The maximum Gasteiger partial charge on any atom is 0.268 e. The first-order valence-electron chi connectivity index (χ1n) is 6.22. The molecular formula is C14H10N4O2S2. The summed E-state index contributed by atoms with van der Waals surface area (Å²) < 4.78 is 1.06. The Morgan fingerprint density at radius 1 is 1.23 bits per heavy atom. The van der Waals surface area contributed by atoms with Crippen molar-refractivity contribution >= 4 is 55.9 Å². The number of primary amides is 1. The molecular weight excluding hydrogens is 320 g/mol. The summed E-state index contributed by atoms with van der Waals surface area (Å²) in [7, 11) is 0. The third kappa shape index (κ3) is 3.18. The van der Waals surface area contributed by atoms with E-state index in [4.69, 9.17) is 5.73 Å². The molecule has 110 valence electrons. The Labute approximate surface area is 133 Å². The molecule has 3 N–H and O–H groups in total. The van der Waals surface area contributed by atoms with E-state index in [-0.39, 0.29) is 11.6 Å². The molecule has 3 aromatic rings. The third-order valence-corrected chi connectivity index (χ3v) is 4.43. The van der Waals surface area contributed by atoms with E-state index < -0.39 is 5.91 Å².